The number of carbonyl (C=O) groups is 2. The van der Waals surface area contributed by atoms with E-state index in [1.54, 1.807) is 12.1 Å². The van der Waals surface area contributed by atoms with Crippen LogP contribution in [0.3, 0.4) is 0 Å². The largest absolute Gasteiger partial charge is 0.481 e. The fourth-order valence-corrected chi connectivity index (χ4v) is 4.17. The Hall–Kier alpha value is -3.12. The Bertz CT molecular complexity index is 1040. The summed E-state index contributed by atoms with van der Waals surface area (Å²) in [6.45, 7) is 0.181. The highest BCUT2D eigenvalue weighted by Gasteiger charge is 2.29. The minimum Gasteiger partial charge on any atom is -0.481 e. The Balaban J connectivity index is 1.47. The number of hydrogen-bond donors (Lipinski definition) is 2. The topological polar surface area (TPSA) is 75.6 Å². The summed E-state index contributed by atoms with van der Waals surface area (Å²) in [6, 6.07) is 22.7. The lowest BCUT2D eigenvalue weighted by Crippen LogP contribution is -2.31. The third-order valence-electron chi connectivity index (χ3n) is 5.29. The van der Waals surface area contributed by atoms with Crippen LogP contribution in [0.15, 0.2) is 77.3 Å². The Morgan fingerprint density at radius 1 is 0.933 bits per heavy atom. The second-order valence-electron chi connectivity index (χ2n) is 7.17. The highest BCUT2D eigenvalue weighted by Crippen LogP contribution is 2.44. The minimum absolute atomic E-state index is 0.0474. The summed E-state index contributed by atoms with van der Waals surface area (Å²) in [5.74, 6) is -1.05. The monoisotopic (exact) mass is 465 g/mol. The molecular formula is C24H20BrNO4. The van der Waals surface area contributed by atoms with E-state index in [0.29, 0.717) is 5.56 Å². The summed E-state index contributed by atoms with van der Waals surface area (Å²) in [4.78, 5) is 23.8. The van der Waals surface area contributed by atoms with Gasteiger partial charge in [0.15, 0.2) is 0 Å². The van der Waals surface area contributed by atoms with Crippen LogP contribution in [-0.2, 0) is 9.53 Å². The summed E-state index contributed by atoms with van der Waals surface area (Å²) in [6.07, 6.45) is -0.864. The van der Waals surface area contributed by atoms with Gasteiger partial charge in [-0.2, -0.15) is 0 Å². The number of amides is 1. The van der Waals surface area contributed by atoms with E-state index in [1.807, 2.05) is 36.4 Å². The van der Waals surface area contributed by atoms with Gasteiger partial charge < -0.3 is 15.2 Å². The van der Waals surface area contributed by atoms with Crippen molar-refractivity contribution in [2.24, 2.45) is 0 Å². The number of benzene rings is 3. The van der Waals surface area contributed by atoms with Crippen molar-refractivity contribution in [3.63, 3.8) is 0 Å². The Morgan fingerprint density at radius 3 is 2.07 bits per heavy atom. The second kappa shape index (κ2) is 8.71. The lowest BCUT2D eigenvalue weighted by molar-refractivity contribution is -0.137. The third-order valence-corrected chi connectivity index (χ3v) is 5.82. The molecule has 1 aliphatic carbocycles. The molecule has 0 fully saturated rings. The molecule has 152 valence electrons. The molecule has 3 aromatic carbocycles. The molecule has 0 unspecified atom stereocenters. The number of ether oxygens (including phenoxy) is 1. The van der Waals surface area contributed by atoms with Crippen LogP contribution in [0.5, 0.6) is 0 Å². The van der Waals surface area contributed by atoms with E-state index >= 15 is 0 Å². The fraction of sp³-hybridized carbons (Fsp3) is 0.167. The van der Waals surface area contributed by atoms with Crippen molar-refractivity contribution >= 4 is 28.0 Å². The number of aliphatic carboxylic acids is 1. The molecule has 3 aromatic rings. The number of nitrogens with one attached hydrogen (secondary N) is 1. The molecule has 0 bridgehead atoms. The number of carboxylic acids is 1. The van der Waals surface area contributed by atoms with E-state index in [4.69, 9.17) is 4.74 Å². The third kappa shape index (κ3) is 4.24. The van der Waals surface area contributed by atoms with Gasteiger partial charge in [-0.1, -0.05) is 76.6 Å². The summed E-state index contributed by atoms with van der Waals surface area (Å²) in [7, 11) is 0. The van der Waals surface area contributed by atoms with E-state index in [-0.39, 0.29) is 18.9 Å². The first-order valence-electron chi connectivity index (χ1n) is 9.61. The van der Waals surface area contributed by atoms with Gasteiger partial charge >= 0.3 is 12.1 Å². The number of halogens is 1. The Morgan fingerprint density at radius 2 is 1.50 bits per heavy atom. The molecule has 0 aromatic heterocycles. The van der Waals surface area contributed by atoms with Crippen molar-refractivity contribution < 1.29 is 19.4 Å². The number of rotatable bonds is 6. The van der Waals surface area contributed by atoms with Crippen molar-refractivity contribution in [3.8, 4) is 11.1 Å². The van der Waals surface area contributed by atoms with Gasteiger partial charge in [0.2, 0.25) is 0 Å². The van der Waals surface area contributed by atoms with Crippen LogP contribution < -0.4 is 5.32 Å². The Labute approximate surface area is 182 Å². The highest BCUT2D eigenvalue weighted by molar-refractivity contribution is 9.10. The normalized spacial score (nSPS) is 13.2. The molecule has 4 rings (SSSR count). The van der Waals surface area contributed by atoms with Gasteiger partial charge in [-0.3, -0.25) is 4.79 Å². The summed E-state index contributed by atoms with van der Waals surface area (Å²) in [5, 5.41) is 11.9. The van der Waals surface area contributed by atoms with E-state index in [9.17, 15) is 14.7 Å². The maximum absolute atomic E-state index is 12.5. The number of carbonyl (C=O) groups excluding carboxylic acids is 1. The van der Waals surface area contributed by atoms with E-state index in [1.165, 1.54) is 0 Å². The van der Waals surface area contributed by atoms with Crippen molar-refractivity contribution in [3.05, 3.63) is 94.0 Å². The maximum Gasteiger partial charge on any atom is 0.407 e. The van der Waals surface area contributed by atoms with Gasteiger partial charge in [-0.25, -0.2) is 4.79 Å². The number of hydrogen-bond acceptors (Lipinski definition) is 3. The quantitative estimate of drug-likeness (QED) is 0.503. The van der Waals surface area contributed by atoms with Crippen LogP contribution in [0.25, 0.3) is 11.1 Å². The Kier molecular flexibility index (Phi) is 5.86. The second-order valence-corrected chi connectivity index (χ2v) is 8.09. The zero-order valence-corrected chi connectivity index (χ0v) is 17.6. The highest BCUT2D eigenvalue weighted by atomic mass is 79.9. The number of alkyl carbamates (subject to hydrolysis) is 1. The van der Waals surface area contributed by atoms with Crippen LogP contribution >= 0.6 is 15.9 Å². The zero-order chi connectivity index (χ0) is 21.1. The predicted molar refractivity (Wildman–Crippen MR) is 117 cm³/mol. The molecule has 1 amide bonds. The molecular weight excluding hydrogens is 446 g/mol. The zero-order valence-electron chi connectivity index (χ0n) is 16.0. The van der Waals surface area contributed by atoms with Gasteiger partial charge in [0, 0.05) is 10.4 Å². The molecule has 0 radical (unpaired) electrons. The fourth-order valence-electron chi connectivity index (χ4n) is 3.90. The molecule has 0 spiro atoms. The first-order chi connectivity index (χ1) is 14.5. The van der Waals surface area contributed by atoms with Crippen molar-refractivity contribution in [2.75, 3.05) is 6.61 Å². The number of carboxylic acid groups (broad SMARTS) is 1. The van der Waals surface area contributed by atoms with Crippen molar-refractivity contribution in [1.29, 1.82) is 0 Å². The molecule has 30 heavy (non-hydrogen) atoms. The van der Waals surface area contributed by atoms with Gasteiger partial charge in [0.25, 0.3) is 0 Å². The first kappa shape index (κ1) is 20.2. The number of fused-ring (bicyclic) bond motifs is 3. The summed E-state index contributed by atoms with van der Waals surface area (Å²) >= 11 is 3.36. The average Bonchev–Trinajstić information content (AvgIpc) is 3.06. The molecule has 1 atom stereocenters. The molecule has 0 aliphatic heterocycles. The van der Waals surface area contributed by atoms with E-state index < -0.39 is 18.1 Å². The van der Waals surface area contributed by atoms with Gasteiger partial charge in [0.1, 0.15) is 6.61 Å². The molecule has 0 heterocycles. The average molecular weight is 466 g/mol. The lowest BCUT2D eigenvalue weighted by Gasteiger charge is -2.19. The summed E-state index contributed by atoms with van der Waals surface area (Å²) < 4.78 is 6.42. The molecule has 0 saturated carbocycles. The molecule has 5 nitrogen and oxygen atoms in total. The van der Waals surface area contributed by atoms with E-state index in [0.717, 1.165) is 26.7 Å². The van der Waals surface area contributed by atoms with Crippen LogP contribution in [0.2, 0.25) is 0 Å². The van der Waals surface area contributed by atoms with Crippen molar-refractivity contribution in [2.45, 2.75) is 18.4 Å². The lowest BCUT2D eigenvalue weighted by atomic mass is 9.98. The van der Waals surface area contributed by atoms with Crippen LogP contribution in [0.4, 0.5) is 4.79 Å². The predicted octanol–water partition coefficient (Wildman–Crippen LogP) is 5.50. The minimum atomic E-state index is -0.998. The summed E-state index contributed by atoms with van der Waals surface area (Å²) in [5.41, 5.74) is 5.26. The SMILES string of the molecule is O=C(O)C[C@H](NC(=O)OCC1c2ccccc2-c2ccccc21)c1ccc(Br)cc1. The van der Waals surface area contributed by atoms with Crippen LogP contribution in [-0.4, -0.2) is 23.8 Å². The first-order valence-corrected chi connectivity index (χ1v) is 10.4. The molecule has 1 aliphatic rings. The molecule has 0 saturated heterocycles. The van der Waals surface area contributed by atoms with Crippen LogP contribution in [0.1, 0.15) is 35.1 Å². The maximum atomic E-state index is 12.5. The standard InChI is InChI=1S/C24H20BrNO4/c25-16-11-9-15(10-12-16)22(13-23(27)28)26-24(29)30-14-21-19-7-3-1-5-17(19)18-6-2-4-8-20(18)21/h1-12,21-22H,13-14H2,(H,26,29)(H,27,28)/t22-/m0/s1. The van der Waals surface area contributed by atoms with E-state index in [2.05, 4.69) is 45.5 Å². The van der Waals surface area contributed by atoms with Crippen molar-refractivity contribution in [1.82, 2.24) is 5.32 Å². The molecule has 6 heteroatoms. The smallest absolute Gasteiger partial charge is 0.407 e. The van der Waals surface area contributed by atoms with Crippen LogP contribution in [0, 0.1) is 0 Å². The van der Waals surface area contributed by atoms with Gasteiger partial charge in [0.05, 0.1) is 12.5 Å². The molecule has 2 N–H and O–H groups in total. The van der Waals surface area contributed by atoms with Gasteiger partial charge in [-0.15, -0.1) is 0 Å². The van der Waals surface area contributed by atoms with Gasteiger partial charge in [-0.05, 0) is 39.9 Å².